The molecule has 5 aromatic rings. The lowest BCUT2D eigenvalue weighted by atomic mass is 9.98. The third kappa shape index (κ3) is 5.79. The Kier molecular flexibility index (Phi) is 8.19. The molecule has 2 aromatic heterocycles. The largest absolute Gasteiger partial charge is 0.457 e. The number of aromatic nitrogens is 4. The minimum atomic E-state index is -0.998. The quantitative estimate of drug-likeness (QED) is 0.222. The van der Waals surface area contributed by atoms with Crippen LogP contribution in [0.1, 0.15) is 64.4 Å². The highest BCUT2D eigenvalue weighted by atomic mass is 16.5. The van der Waals surface area contributed by atoms with Gasteiger partial charge < -0.3 is 10.5 Å². The van der Waals surface area contributed by atoms with E-state index in [4.69, 9.17) is 15.6 Å². The number of rotatable bonds is 8. The van der Waals surface area contributed by atoms with E-state index in [1.165, 1.54) is 6.33 Å². The van der Waals surface area contributed by atoms with Gasteiger partial charge in [-0.1, -0.05) is 30.3 Å². The van der Waals surface area contributed by atoms with Crippen LogP contribution in [0.2, 0.25) is 0 Å². The first kappa shape index (κ1) is 32.9. The molecule has 0 saturated carbocycles. The van der Waals surface area contributed by atoms with Gasteiger partial charge >= 0.3 is 0 Å². The van der Waals surface area contributed by atoms with Gasteiger partial charge in [0, 0.05) is 31.6 Å². The molecule has 53 heavy (non-hydrogen) atoms. The Morgan fingerprint density at radius 3 is 2.43 bits per heavy atom. The molecule has 3 N–H and O–H groups in total. The predicted octanol–water partition coefficient (Wildman–Crippen LogP) is 4.14. The van der Waals surface area contributed by atoms with Gasteiger partial charge in [0.2, 0.25) is 11.8 Å². The van der Waals surface area contributed by atoms with Crippen LogP contribution in [0.25, 0.3) is 22.3 Å². The van der Waals surface area contributed by atoms with Crippen molar-refractivity contribution in [2.75, 3.05) is 25.4 Å². The first-order valence-electron chi connectivity index (χ1n) is 18.0. The molecule has 4 amide bonds. The van der Waals surface area contributed by atoms with E-state index in [0.717, 1.165) is 71.8 Å². The molecule has 0 radical (unpaired) electrons. The van der Waals surface area contributed by atoms with E-state index in [9.17, 15) is 19.2 Å². The number of benzene rings is 3. The van der Waals surface area contributed by atoms with Crippen molar-refractivity contribution in [2.24, 2.45) is 0 Å². The van der Waals surface area contributed by atoms with Gasteiger partial charge in [-0.3, -0.25) is 39.2 Å². The highest BCUT2D eigenvalue weighted by Gasteiger charge is 2.46. The van der Waals surface area contributed by atoms with E-state index >= 15 is 0 Å². The highest BCUT2D eigenvalue weighted by molar-refractivity contribution is 6.24. The maximum Gasteiger partial charge on any atom is 0.262 e. The predicted molar refractivity (Wildman–Crippen MR) is 193 cm³/mol. The van der Waals surface area contributed by atoms with Gasteiger partial charge in [0.05, 0.1) is 28.7 Å². The molecule has 3 aromatic carbocycles. The molecular weight excluding hydrogens is 674 g/mol. The zero-order chi connectivity index (χ0) is 36.2. The topological polar surface area (TPSA) is 169 Å². The van der Waals surface area contributed by atoms with Crippen molar-refractivity contribution in [3.8, 4) is 22.8 Å². The van der Waals surface area contributed by atoms with Crippen LogP contribution >= 0.6 is 0 Å². The fraction of sp³-hybridized carbons (Fsp3) is 0.308. The molecule has 4 aliphatic heterocycles. The van der Waals surface area contributed by atoms with E-state index in [-0.39, 0.29) is 25.0 Å². The number of nitrogen functional groups attached to an aromatic ring is 1. The minimum absolute atomic E-state index is 0.0414. The maximum atomic E-state index is 13.7. The Balaban J connectivity index is 0.933. The second-order valence-electron chi connectivity index (χ2n) is 14.0. The van der Waals surface area contributed by atoms with Crippen molar-refractivity contribution in [3.05, 3.63) is 95.8 Å². The van der Waals surface area contributed by atoms with E-state index in [0.29, 0.717) is 34.9 Å². The molecule has 14 nitrogen and oxygen atoms in total. The number of hydrogen-bond acceptors (Lipinski definition) is 11. The fourth-order valence-corrected chi connectivity index (χ4v) is 8.17. The number of nitrogens with one attached hydrogen (secondary N) is 1. The summed E-state index contributed by atoms with van der Waals surface area (Å²) < 4.78 is 8.01. The summed E-state index contributed by atoms with van der Waals surface area (Å²) in [6.45, 7) is 2.99. The molecule has 4 aliphatic rings. The molecular formula is C39H37N9O5. The number of ether oxygens (including phenoxy) is 1. The second kappa shape index (κ2) is 13.2. The average Bonchev–Trinajstić information content (AvgIpc) is 3.67. The van der Waals surface area contributed by atoms with E-state index in [2.05, 4.69) is 25.1 Å². The summed E-state index contributed by atoms with van der Waals surface area (Å²) in [7, 11) is 0. The van der Waals surface area contributed by atoms with E-state index in [1.54, 1.807) is 12.1 Å². The molecule has 6 heterocycles. The van der Waals surface area contributed by atoms with E-state index in [1.807, 2.05) is 65.3 Å². The van der Waals surface area contributed by atoms with E-state index < -0.39 is 29.7 Å². The summed E-state index contributed by atoms with van der Waals surface area (Å²) in [5.74, 6) is -0.143. The zero-order valence-corrected chi connectivity index (χ0v) is 28.9. The summed E-state index contributed by atoms with van der Waals surface area (Å²) in [5, 5.41) is 8.11. The highest BCUT2D eigenvalue weighted by Crippen LogP contribution is 2.37. The van der Waals surface area contributed by atoms with Crippen LogP contribution in [0, 0.1) is 0 Å². The smallest absolute Gasteiger partial charge is 0.262 e. The Morgan fingerprint density at radius 1 is 0.849 bits per heavy atom. The Hall–Kier alpha value is -5.99. The minimum Gasteiger partial charge on any atom is -0.457 e. The van der Waals surface area contributed by atoms with Crippen LogP contribution in [0.4, 0.5) is 5.82 Å². The monoisotopic (exact) mass is 711 g/mol. The molecule has 9 rings (SSSR count). The van der Waals surface area contributed by atoms with Gasteiger partial charge in [0.25, 0.3) is 11.8 Å². The van der Waals surface area contributed by atoms with Crippen molar-refractivity contribution in [3.63, 3.8) is 0 Å². The number of anilines is 1. The van der Waals surface area contributed by atoms with Crippen LogP contribution in [-0.2, 0) is 16.1 Å². The summed E-state index contributed by atoms with van der Waals surface area (Å²) in [6.07, 6.45) is 4.68. The molecule has 3 unspecified atom stereocenters. The number of para-hydroxylation sites is 1. The summed E-state index contributed by atoms with van der Waals surface area (Å²) in [5.41, 5.74) is 10.2. The normalized spacial score (nSPS) is 22.2. The Morgan fingerprint density at radius 2 is 1.66 bits per heavy atom. The average molecular weight is 712 g/mol. The lowest BCUT2D eigenvalue weighted by molar-refractivity contribution is -0.136. The molecule has 0 spiro atoms. The number of fused-ring (bicyclic) bond motifs is 2. The molecule has 0 bridgehead atoms. The number of piperidine rings is 2. The number of imide groups is 2. The number of nitrogens with two attached hydrogens (primary N) is 1. The summed E-state index contributed by atoms with van der Waals surface area (Å²) in [4.78, 5) is 66.3. The second-order valence-corrected chi connectivity index (χ2v) is 14.0. The van der Waals surface area contributed by atoms with Crippen molar-refractivity contribution in [1.29, 1.82) is 0 Å². The van der Waals surface area contributed by atoms with Crippen molar-refractivity contribution < 1.29 is 23.9 Å². The van der Waals surface area contributed by atoms with Crippen LogP contribution in [0.15, 0.2) is 79.1 Å². The molecule has 3 fully saturated rings. The van der Waals surface area contributed by atoms with Crippen molar-refractivity contribution in [1.82, 2.24) is 39.8 Å². The third-order valence-electron chi connectivity index (χ3n) is 10.8. The van der Waals surface area contributed by atoms with Gasteiger partial charge in [-0.25, -0.2) is 14.6 Å². The molecule has 0 aliphatic carbocycles. The number of carbonyl (C=O) groups excluding carboxylic acids is 4. The maximum absolute atomic E-state index is 13.7. The lowest BCUT2D eigenvalue weighted by Crippen LogP contribution is -2.59. The summed E-state index contributed by atoms with van der Waals surface area (Å²) >= 11 is 0. The van der Waals surface area contributed by atoms with Crippen LogP contribution in [0.5, 0.6) is 11.5 Å². The van der Waals surface area contributed by atoms with Crippen molar-refractivity contribution in [2.45, 2.75) is 56.9 Å². The summed E-state index contributed by atoms with van der Waals surface area (Å²) in [6, 6.07) is 21.8. The van der Waals surface area contributed by atoms with Crippen LogP contribution < -0.4 is 15.8 Å². The molecule has 268 valence electrons. The Bertz CT molecular complexity index is 2270. The first-order valence-corrected chi connectivity index (χ1v) is 18.0. The number of nitrogens with zero attached hydrogens (tertiary/aromatic N) is 7. The van der Waals surface area contributed by atoms with Crippen LogP contribution in [-0.4, -0.2) is 89.9 Å². The zero-order valence-electron chi connectivity index (χ0n) is 28.9. The number of carbonyl (C=O) groups is 4. The van der Waals surface area contributed by atoms with Gasteiger partial charge in [0.15, 0.2) is 5.65 Å². The van der Waals surface area contributed by atoms with Gasteiger partial charge in [-0.15, -0.1) is 0 Å². The SMILES string of the molecule is Nc1ncnc2c1c(-c1ccc(Oc3ccccc3)cc1)nn2C1CCCN(C2CCN2Cc2cccc3c2C(=O)N(C2CCC(=O)NC2=O)C3=O)C1. The fourth-order valence-electron chi connectivity index (χ4n) is 8.17. The standard InChI is InChI=1S/C39H37N9O5/c40-35-33-34(23-11-13-27(14-12-23)53-26-8-2-1-3-9-26)44-48(36(33)42-22-41-35)25-7-5-18-45(21-25)31-17-19-46(31)20-24-6-4-10-28-32(24)39(52)47(38(28)51)29-15-16-30(49)43-37(29)50/h1-4,6,8-14,22,25,29,31H,5,7,15-21H2,(H2,40,41,42)(H,43,49,50). The van der Waals surface area contributed by atoms with Gasteiger partial charge in [-0.2, -0.15) is 5.10 Å². The number of hydrogen-bond donors (Lipinski definition) is 2. The first-order chi connectivity index (χ1) is 25.8. The molecule has 3 atom stereocenters. The lowest BCUT2D eigenvalue weighted by Gasteiger charge is -2.50. The Labute approximate surface area is 304 Å². The number of likely N-dealkylation sites (tertiary alicyclic amines) is 2. The number of amides is 4. The molecule has 3 saturated heterocycles. The van der Waals surface area contributed by atoms with Crippen LogP contribution in [0.3, 0.4) is 0 Å². The van der Waals surface area contributed by atoms with Gasteiger partial charge in [-0.05, 0) is 80.3 Å². The third-order valence-corrected chi connectivity index (χ3v) is 10.8. The van der Waals surface area contributed by atoms with Crippen molar-refractivity contribution >= 4 is 40.5 Å². The van der Waals surface area contributed by atoms with Gasteiger partial charge in [0.1, 0.15) is 35.4 Å². The molecule has 14 heteroatoms.